The molecule has 2 heterocycles. The number of hydrogen-bond donors (Lipinski definition) is 0. The van der Waals surface area contributed by atoms with Gasteiger partial charge in [-0.05, 0) is 86.9 Å². The summed E-state index contributed by atoms with van der Waals surface area (Å²) in [4.78, 5) is 0. The minimum absolute atomic E-state index is 1.15. The first-order chi connectivity index (χ1) is 27.8. The largest absolute Gasteiger partial charge is 0.309 e. The zero-order chi connectivity index (χ0) is 36.7. The third-order valence-electron chi connectivity index (χ3n) is 11.8. The van der Waals surface area contributed by atoms with Gasteiger partial charge in [0.2, 0.25) is 0 Å². The maximum atomic E-state index is 2.56. The number of benzene rings is 10. The summed E-state index contributed by atoms with van der Waals surface area (Å²) in [5, 5.41) is 12.5. The lowest BCUT2D eigenvalue weighted by atomic mass is 9.92. The smallest absolute Gasteiger partial charge is 0.0627 e. The molecule has 0 amide bonds. The van der Waals surface area contributed by atoms with Crippen molar-refractivity contribution in [2.45, 2.75) is 0 Å². The van der Waals surface area contributed by atoms with Crippen molar-refractivity contribution in [1.29, 1.82) is 0 Å². The van der Waals surface area contributed by atoms with Crippen molar-refractivity contribution in [2.75, 3.05) is 0 Å². The van der Waals surface area contributed by atoms with Crippen LogP contribution in [-0.2, 0) is 0 Å². The molecule has 12 rings (SSSR count). The maximum Gasteiger partial charge on any atom is 0.0627 e. The molecule has 0 aliphatic heterocycles. The van der Waals surface area contributed by atoms with E-state index in [0.717, 1.165) is 11.4 Å². The van der Waals surface area contributed by atoms with E-state index in [2.05, 4.69) is 215 Å². The zero-order valence-electron chi connectivity index (χ0n) is 30.5. The van der Waals surface area contributed by atoms with Crippen LogP contribution in [0.4, 0.5) is 0 Å². The lowest BCUT2D eigenvalue weighted by Crippen LogP contribution is -1.97. The molecule has 0 unspecified atom stereocenters. The second-order valence-corrected chi connectivity index (χ2v) is 14.9. The van der Waals surface area contributed by atoms with Gasteiger partial charge in [-0.15, -0.1) is 0 Å². The van der Waals surface area contributed by atoms with Gasteiger partial charge in [0.1, 0.15) is 0 Å². The van der Waals surface area contributed by atoms with Crippen LogP contribution in [0.25, 0.3) is 110 Å². The molecule has 0 N–H and O–H groups in total. The summed E-state index contributed by atoms with van der Waals surface area (Å²) in [5.74, 6) is 0. The fourth-order valence-electron chi connectivity index (χ4n) is 9.43. The van der Waals surface area contributed by atoms with Gasteiger partial charge >= 0.3 is 0 Å². The fourth-order valence-corrected chi connectivity index (χ4v) is 9.43. The van der Waals surface area contributed by atoms with Gasteiger partial charge in [0.25, 0.3) is 0 Å². The van der Waals surface area contributed by atoms with Crippen molar-refractivity contribution in [1.82, 2.24) is 9.13 Å². The number of aromatic nitrogens is 2. The van der Waals surface area contributed by atoms with Crippen LogP contribution >= 0.6 is 0 Å². The monoisotopic (exact) mass is 710 g/mol. The Hall–Kier alpha value is -7.42. The summed E-state index contributed by atoms with van der Waals surface area (Å²) in [6.07, 6.45) is 0. The number of rotatable bonds is 4. The van der Waals surface area contributed by atoms with E-state index in [0.29, 0.717) is 0 Å². The van der Waals surface area contributed by atoms with E-state index in [1.54, 1.807) is 0 Å². The molecule has 2 aromatic heterocycles. The molecule has 0 aliphatic rings. The van der Waals surface area contributed by atoms with Crippen molar-refractivity contribution >= 4 is 75.9 Å². The molecule has 0 radical (unpaired) electrons. The van der Waals surface area contributed by atoms with Gasteiger partial charge in [-0.1, -0.05) is 158 Å². The molecule has 12 aromatic rings. The van der Waals surface area contributed by atoms with Crippen LogP contribution in [0.1, 0.15) is 0 Å². The molecule has 0 atom stereocenters. The Balaban J connectivity index is 1.38. The van der Waals surface area contributed by atoms with E-state index in [9.17, 15) is 0 Å². The minimum atomic E-state index is 1.15. The van der Waals surface area contributed by atoms with Crippen LogP contribution < -0.4 is 0 Å². The van der Waals surface area contributed by atoms with Crippen molar-refractivity contribution < 1.29 is 0 Å². The van der Waals surface area contributed by atoms with Crippen LogP contribution in [-0.4, -0.2) is 9.13 Å². The third-order valence-corrected chi connectivity index (χ3v) is 11.8. The van der Waals surface area contributed by atoms with E-state index >= 15 is 0 Å². The Morgan fingerprint density at radius 2 is 0.821 bits per heavy atom. The molecule has 0 bridgehead atoms. The average Bonchev–Trinajstić information content (AvgIpc) is 3.81. The molecule has 260 valence electrons. The summed E-state index contributed by atoms with van der Waals surface area (Å²) >= 11 is 0. The highest BCUT2D eigenvalue weighted by Crippen LogP contribution is 2.50. The Kier molecular flexibility index (Phi) is 6.66. The Bertz CT molecular complexity index is 3500. The van der Waals surface area contributed by atoms with Crippen LogP contribution in [0.5, 0.6) is 0 Å². The van der Waals surface area contributed by atoms with Crippen molar-refractivity contribution in [3.63, 3.8) is 0 Å². The van der Waals surface area contributed by atoms with E-state index in [1.807, 2.05) is 0 Å². The molecule has 0 saturated heterocycles. The van der Waals surface area contributed by atoms with Crippen LogP contribution in [0.2, 0.25) is 0 Å². The number of hydrogen-bond acceptors (Lipinski definition) is 0. The van der Waals surface area contributed by atoms with Gasteiger partial charge < -0.3 is 9.13 Å². The highest BCUT2D eigenvalue weighted by Gasteiger charge is 2.26. The second kappa shape index (κ2) is 12.0. The molecule has 2 nitrogen and oxygen atoms in total. The van der Waals surface area contributed by atoms with Crippen LogP contribution in [0.15, 0.2) is 206 Å². The number of nitrogens with zero attached hydrogens (tertiary/aromatic N) is 2. The zero-order valence-corrected chi connectivity index (χ0v) is 30.5. The van der Waals surface area contributed by atoms with Crippen molar-refractivity contribution in [2.24, 2.45) is 0 Å². The first kappa shape index (κ1) is 31.0. The molecule has 10 aromatic carbocycles. The topological polar surface area (TPSA) is 9.86 Å². The fraction of sp³-hybridized carbons (Fsp3) is 0. The standard InChI is InChI=1S/C54H34N2/c1-4-16-35(17-5-1)38-30-31-44-47(33-38)54-51(50-45-26-14-15-27-49(45)55(53(44)50)40-20-6-2-7-21-40)48-34-46(39-29-28-36-18-10-11-19-37(36)32-39)42-24-12-13-25-43(42)52(48)56(54)41-22-8-3-9-23-41/h1-34H. The number of para-hydroxylation sites is 3. The van der Waals surface area contributed by atoms with Gasteiger partial charge in [-0.3, -0.25) is 0 Å². The molecule has 0 saturated carbocycles. The van der Waals surface area contributed by atoms with E-state index in [-0.39, 0.29) is 0 Å². The van der Waals surface area contributed by atoms with Gasteiger partial charge in [0, 0.05) is 49.1 Å². The molecule has 0 spiro atoms. The summed E-state index contributed by atoms with van der Waals surface area (Å²) < 4.78 is 5.05. The van der Waals surface area contributed by atoms with E-state index in [1.165, 1.54) is 98.2 Å². The van der Waals surface area contributed by atoms with Crippen molar-refractivity contribution in [3.8, 4) is 33.6 Å². The maximum absolute atomic E-state index is 2.56. The van der Waals surface area contributed by atoms with Gasteiger partial charge in [-0.2, -0.15) is 0 Å². The van der Waals surface area contributed by atoms with Crippen molar-refractivity contribution in [3.05, 3.63) is 206 Å². The Labute approximate surface area is 323 Å². The lowest BCUT2D eigenvalue weighted by molar-refractivity contribution is 1.18. The SMILES string of the molecule is c1ccc(-c2ccc3c(c2)c2c(c4cc(-c5ccc6ccccc6c5)c5ccccc5c4n2-c2ccccc2)c2c4ccccc4n(-c4ccccc4)c32)cc1. The van der Waals surface area contributed by atoms with Gasteiger partial charge in [0.15, 0.2) is 0 Å². The minimum Gasteiger partial charge on any atom is -0.309 e. The third kappa shape index (κ3) is 4.44. The predicted octanol–water partition coefficient (Wildman–Crippen LogP) is 14.7. The predicted molar refractivity (Wildman–Crippen MR) is 239 cm³/mol. The van der Waals surface area contributed by atoms with E-state index < -0.39 is 0 Å². The lowest BCUT2D eigenvalue weighted by Gasteiger charge is -2.15. The molecule has 0 aliphatic carbocycles. The Morgan fingerprint density at radius 1 is 0.268 bits per heavy atom. The molecular weight excluding hydrogens is 677 g/mol. The molecule has 2 heteroatoms. The Morgan fingerprint density at radius 3 is 1.59 bits per heavy atom. The average molecular weight is 711 g/mol. The van der Waals surface area contributed by atoms with E-state index in [4.69, 9.17) is 0 Å². The first-order valence-corrected chi connectivity index (χ1v) is 19.4. The normalized spacial score (nSPS) is 11.9. The first-order valence-electron chi connectivity index (χ1n) is 19.4. The number of fused-ring (bicyclic) bond motifs is 13. The highest BCUT2D eigenvalue weighted by molar-refractivity contribution is 6.39. The van der Waals surface area contributed by atoms with Crippen LogP contribution in [0, 0.1) is 0 Å². The van der Waals surface area contributed by atoms with Crippen LogP contribution in [0.3, 0.4) is 0 Å². The highest BCUT2D eigenvalue weighted by atomic mass is 15.0. The second-order valence-electron chi connectivity index (χ2n) is 14.9. The van der Waals surface area contributed by atoms with Gasteiger partial charge in [-0.25, -0.2) is 0 Å². The molecular formula is C54H34N2. The summed E-state index contributed by atoms with van der Waals surface area (Å²) in [6.45, 7) is 0. The summed E-state index contributed by atoms with van der Waals surface area (Å²) in [7, 11) is 0. The quantitative estimate of drug-likeness (QED) is 0.172. The molecule has 56 heavy (non-hydrogen) atoms. The molecule has 0 fully saturated rings. The van der Waals surface area contributed by atoms with Gasteiger partial charge in [0.05, 0.1) is 22.1 Å². The summed E-state index contributed by atoms with van der Waals surface area (Å²) in [5.41, 5.74) is 12.0. The summed E-state index contributed by atoms with van der Waals surface area (Å²) in [6, 6.07) is 75.8.